The first-order valence-corrected chi connectivity index (χ1v) is 15.8. The lowest BCUT2D eigenvalue weighted by Crippen LogP contribution is -2.18. The van der Waals surface area contributed by atoms with Crippen LogP contribution in [0.4, 0.5) is 0 Å². The van der Waals surface area contributed by atoms with Crippen molar-refractivity contribution >= 4 is 5.78 Å². The number of ketones is 1. The van der Waals surface area contributed by atoms with Crippen LogP contribution in [-0.2, 0) is 4.79 Å². The Morgan fingerprint density at radius 2 is 1.14 bits per heavy atom. The minimum Gasteiger partial charge on any atom is -0.378 e. The van der Waals surface area contributed by atoms with Crippen LogP contribution in [-0.4, -0.2) is 24.3 Å². The molecule has 2 nitrogen and oxygen atoms in total. The summed E-state index contributed by atoms with van der Waals surface area (Å²) in [7, 11) is 2.20. The molecule has 0 saturated carbocycles. The number of hydrogen-bond donors (Lipinski definition) is 0. The van der Waals surface area contributed by atoms with E-state index in [0.29, 0.717) is 5.78 Å². The van der Waals surface area contributed by atoms with E-state index in [-0.39, 0.29) is 0 Å². The third kappa shape index (κ3) is 29.2. The normalized spacial score (nSPS) is 11.5. The average molecular weight is 506 g/mol. The number of Topliss-reactive ketones (excluding diaryl/α,β-unsaturated/α-hetero) is 1. The van der Waals surface area contributed by atoms with E-state index in [4.69, 9.17) is 0 Å². The predicted octanol–water partition coefficient (Wildman–Crippen LogP) is 11.5. The van der Waals surface area contributed by atoms with Gasteiger partial charge < -0.3 is 4.90 Å². The number of carbonyl (C=O) groups is 1. The molecule has 0 aromatic heterocycles. The Morgan fingerprint density at radius 3 is 1.72 bits per heavy atom. The largest absolute Gasteiger partial charge is 0.378 e. The molecule has 214 valence electrons. The second-order valence-corrected chi connectivity index (χ2v) is 11.4. The summed E-state index contributed by atoms with van der Waals surface area (Å²) in [5.74, 6) is 1.29. The monoisotopic (exact) mass is 506 g/mol. The lowest BCUT2D eigenvalue weighted by atomic mass is 9.96. The number of unbranched alkanes of at least 4 members (excludes halogenated alkanes) is 11. The van der Waals surface area contributed by atoms with E-state index in [9.17, 15) is 4.79 Å². The zero-order chi connectivity index (χ0) is 27.4. The summed E-state index contributed by atoms with van der Waals surface area (Å²) in [5, 5.41) is 0. The van der Waals surface area contributed by atoms with Crippen LogP contribution >= 0.6 is 0 Å². The molecule has 0 bridgehead atoms. The van der Waals surface area contributed by atoms with Gasteiger partial charge in [-0.1, -0.05) is 117 Å². The topological polar surface area (TPSA) is 20.3 Å². The molecule has 0 N–H and O–H groups in total. The summed E-state index contributed by atoms with van der Waals surface area (Å²) in [5.41, 5.74) is 2.61. The molecule has 0 radical (unpaired) electrons. The third-order valence-corrected chi connectivity index (χ3v) is 7.23. The highest BCUT2D eigenvalue weighted by Gasteiger charge is 2.07. The summed E-state index contributed by atoms with van der Waals surface area (Å²) in [4.78, 5) is 14.0. The molecule has 1 unspecified atom stereocenters. The minimum absolute atomic E-state index is 0.466. The van der Waals surface area contributed by atoms with Gasteiger partial charge in [-0.25, -0.2) is 0 Å². The maximum absolute atomic E-state index is 11.7. The van der Waals surface area contributed by atoms with Gasteiger partial charge in [0, 0.05) is 32.1 Å². The molecule has 0 amide bonds. The molecule has 0 aliphatic heterocycles. The summed E-state index contributed by atoms with van der Waals surface area (Å²) in [6.07, 6.45) is 25.8. The van der Waals surface area contributed by atoms with Crippen molar-refractivity contribution < 1.29 is 4.79 Å². The molecule has 36 heavy (non-hydrogen) atoms. The lowest BCUT2D eigenvalue weighted by Gasteiger charge is -2.23. The molecule has 0 rings (SSSR count). The second kappa shape index (κ2) is 28.5. The Morgan fingerprint density at radius 1 is 0.639 bits per heavy atom. The molecule has 0 aliphatic rings. The van der Waals surface area contributed by atoms with Crippen LogP contribution in [0.5, 0.6) is 0 Å². The van der Waals surface area contributed by atoms with Gasteiger partial charge >= 0.3 is 0 Å². The van der Waals surface area contributed by atoms with Crippen LogP contribution in [0.15, 0.2) is 24.4 Å². The molecule has 0 spiro atoms. The van der Waals surface area contributed by atoms with E-state index in [0.717, 1.165) is 51.0 Å². The Bertz CT molecular complexity index is 509. The fourth-order valence-corrected chi connectivity index (χ4v) is 4.36. The molecule has 1 atom stereocenters. The zero-order valence-electron chi connectivity index (χ0n) is 25.9. The maximum Gasteiger partial charge on any atom is 0.132 e. The molecule has 2 heteroatoms. The molecular formula is C34H67NO. The Hall–Kier alpha value is -1.05. The van der Waals surface area contributed by atoms with Gasteiger partial charge in [0.15, 0.2) is 0 Å². The molecule has 0 fully saturated rings. The Balaban J connectivity index is 0. The highest BCUT2D eigenvalue weighted by atomic mass is 16.1. The van der Waals surface area contributed by atoms with Gasteiger partial charge in [0.25, 0.3) is 0 Å². The van der Waals surface area contributed by atoms with Gasteiger partial charge in [0.05, 0.1) is 0 Å². The Labute approximate surface area is 228 Å². The smallest absolute Gasteiger partial charge is 0.132 e. The molecule has 0 saturated heterocycles. The summed E-state index contributed by atoms with van der Waals surface area (Å²) < 4.78 is 0. The standard InChI is InChI=1S/C27H53NO.C7H14/c1-6-8-10-11-13-16-19-25(3)22-23-26(4)28(5)24-18-15-12-14-17-21-27(29)20-9-7-2;1-4-5-6-7(2)3/h25H,4,6-24H2,1-3,5H3;2,4-6H2,1,3H3. The van der Waals surface area contributed by atoms with Crippen LogP contribution in [0.2, 0.25) is 0 Å². The minimum atomic E-state index is 0.466. The maximum atomic E-state index is 11.7. The van der Waals surface area contributed by atoms with Crippen LogP contribution in [0.3, 0.4) is 0 Å². The van der Waals surface area contributed by atoms with Gasteiger partial charge in [-0.15, -0.1) is 6.58 Å². The van der Waals surface area contributed by atoms with E-state index >= 15 is 0 Å². The molecular weight excluding hydrogens is 438 g/mol. The third-order valence-electron chi connectivity index (χ3n) is 7.23. The van der Waals surface area contributed by atoms with Crippen molar-refractivity contribution in [3.63, 3.8) is 0 Å². The quantitative estimate of drug-likeness (QED) is 0.0908. The molecule has 0 aromatic rings. The lowest BCUT2D eigenvalue weighted by molar-refractivity contribution is -0.119. The van der Waals surface area contributed by atoms with Crippen molar-refractivity contribution in [3.8, 4) is 0 Å². The number of rotatable bonds is 25. The van der Waals surface area contributed by atoms with E-state index in [1.54, 1.807) is 0 Å². The Kier molecular flexibility index (Phi) is 29.4. The number of allylic oxidation sites excluding steroid dienone is 2. The van der Waals surface area contributed by atoms with Crippen LogP contribution in [0.25, 0.3) is 0 Å². The number of hydrogen-bond acceptors (Lipinski definition) is 2. The average Bonchev–Trinajstić information content (AvgIpc) is 2.86. The van der Waals surface area contributed by atoms with Crippen LogP contribution in [0.1, 0.15) is 169 Å². The number of nitrogens with zero attached hydrogens (tertiary/aromatic N) is 1. The van der Waals surface area contributed by atoms with E-state index in [1.165, 1.54) is 108 Å². The first-order chi connectivity index (χ1) is 17.3. The highest BCUT2D eigenvalue weighted by molar-refractivity contribution is 5.78. The van der Waals surface area contributed by atoms with Crippen molar-refractivity contribution in [3.05, 3.63) is 24.4 Å². The van der Waals surface area contributed by atoms with Crippen LogP contribution < -0.4 is 0 Å². The van der Waals surface area contributed by atoms with Gasteiger partial charge in [-0.05, 0) is 57.8 Å². The second-order valence-electron chi connectivity index (χ2n) is 11.4. The SMILES string of the molecule is C=C(C)CCCC.C=C(CCC(C)CCCCCCCC)N(C)CCCCCCCC(=O)CCCC. The van der Waals surface area contributed by atoms with Crippen molar-refractivity contribution in [2.45, 2.75) is 169 Å². The van der Waals surface area contributed by atoms with Gasteiger partial charge in [0.1, 0.15) is 5.78 Å². The van der Waals surface area contributed by atoms with Crippen molar-refractivity contribution in [2.75, 3.05) is 13.6 Å². The first-order valence-electron chi connectivity index (χ1n) is 15.8. The van der Waals surface area contributed by atoms with Crippen molar-refractivity contribution in [2.24, 2.45) is 5.92 Å². The van der Waals surface area contributed by atoms with Crippen LogP contribution in [0, 0.1) is 5.92 Å². The van der Waals surface area contributed by atoms with Gasteiger partial charge in [-0.3, -0.25) is 4.79 Å². The van der Waals surface area contributed by atoms with Crippen molar-refractivity contribution in [1.82, 2.24) is 4.90 Å². The van der Waals surface area contributed by atoms with Gasteiger partial charge in [0.2, 0.25) is 0 Å². The molecule has 0 aromatic carbocycles. The summed E-state index contributed by atoms with van der Waals surface area (Å²) in [6, 6.07) is 0. The fourth-order valence-electron chi connectivity index (χ4n) is 4.36. The highest BCUT2D eigenvalue weighted by Crippen LogP contribution is 2.20. The summed E-state index contributed by atoms with van der Waals surface area (Å²) in [6.45, 7) is 20.4. The van der Waals surface area contributed by atoms with Gasteiger partial charge in [-0.2, -0.15) is 0 Å². The predicted molar refractivity (Wildman–Crippen MR) is 165 cm³/mol. The first kappa shape index (κ1) is 37.1. The molecule has 0 heterocycles. The fraction of sp³-hybridized carbons (Fsp3) is 0.853. The van der Waals surface area contributed by atoms with E-state index in [2.05, 4.69) is 59.7 Å². The summed E-state index contributed by atoms with van der Waals surface area (Å²) >= 11 is 0. The molecule has 0 aliphatic carbocycles. The number of carbonyl (C=O) groups excluding carboxylic acids is 1. The zero-order valence-corrected chi connectivity index (χ0v) is 25.9. The van der Waals surface area contributed by atoms with E-state index in [1.807, 2.05) is 0 Å². The van der Waals surface area contributed by atoms with E-state index < -0.39 is 0 Å². The van der Waals surface area contributed by atoms with Crippen molar-refractivity contribution in [1.29, 1.82) is 0 Å².